The lowest BCUT2D eigenvalue weighted by molar-refractivity contribution is -0.337. The van der Waals surface area contributed by atoms with Crippen LogP contribution in [0.15, 0.2) is 41.1 Å². The zero-order valence-electron chi connectivity index (χ0n) is 18.4. The average Bonchev–Trinajstić information content (AvgIpc) is 2.73. The van der Waals surface area contributed by atoms with Crippen LogP contribution in [0, 0.1) is 11.7 Å². The largest absolute Gasteiger partial charge is 0.493 e. The second-order valence-corrected chi connectivity index (χ2v) is 9.20. The fraction of sp³-hybridized carbons (Fsp3) is 0.364. The molecule has 2 aromatic carbocycles. The van der Waals surface area contributed by atoms with E-state index in [2.05, 4.69) is 31.2 Å². The first kappa shape index (κ1) is 24.5. The van der Waals surface area contributed by atoms with Crippen molar-refractivity contribution in [2.24, 2.45) is 5.92 Å². The molecular formula is C22H24BrFN4O6. The number of hydrogen-bond acceptors (Lipinski definition) is 10. The van der Waals surface area contributed by atoms with Gasteiger partial charge in [0.05, 0.1) is 31.4 Å². The highest BCUT2D eigenvalue weighted by Crippen LogP contribution is 2.37. The van der Waals surface area contributed by atoms with Crippen LogP contribution >= 0.6 is 15.9 Å². The number of anilines is 2. The molecule has 2 heterocycles. The van der Waals surface area contributed by atoms with Gasteiger partial charge in [-0.05, 0) is 31.3 Å². The van der Waals surface area contributed by atoms with Crippen LogP contribution in [0.2, 0.25) is 0 Å². The lowest BCUT2D eigenvalue weighted by Gasteiger charge is -2.47. The smallest absolute Gasteiger partial charge is 0.187 e. The van der Waals surface area contributed by atoms with Gasteiger partial charge >= 0.3 is 0 Å². The number of aromatic nitrogens is 2. The van der Waals surface area contributed by atoms with E-state index in [0.29, 0.717) is 21.2 Å². The number of hydrogen-bond donors (Lipinski definition) is 5. The van der Waals surface area contributed by atoms with Crippen molar-refractivity contribution in [2.45, 2.75) is 11.6 Å². The predicted octanol–water partition coefficient (Wildman–Crippen LogP) is 1.59. The van der Waals surface area contributed by atoms with Crippen LogP contribution in [-0.2, 0) is 0 Å². The Hall–Kier alpha value is -2.61. The van der Waals surface area contributed by atoms with Gasteiger partial charge in [0.1, 0.15) is 30.5 Å². The zero-order chi connectivity index (χ0) is 24.7. The minimum absolute atomic E-state index is 0.187. The molecule has 1 aliphatic rings. The van der Waals surface area contributed by atoms with Crippen molar-refractivity contribution in [1.82, 2.24) is 14.9 Å². The molecule has 1 fully saturated rings. The molecule has 1 saturated heterocycles. The van der Waals surface area contributed by atoms with Gasteiger partial charge in [0.2, 0.25) is 0 Å². The average molecular weight is 539 g/mol. The predicted molar refractivity (Wildman–Crippen MR) is 124 cm³/mol. The van der Waals surface area contributed by atoms with Gasteiger partial charge in [0.25, 0.3) is 0 Å². The Morgan fingerprint density at radius 2 is 1.82 bits per heavy atom. The molecule has 12 heteroatoms. The summed E-state index contributed by atoms with van der Waals surface area (Å²) in [5.74, 6) is -5.89. The van der Waals surface area contributed by atoms with Crippen LogP contribution in [0.4, 0.5) is 15.9 Å². The van der Waals surface area contributed by atoms with Crippen LogP contribution in [0.25, 0.3) is 10.9 Å². The van der Waals surface area contributed by atoms with Gasteiger partial charge < -0.3 is 35.2 Å². The van der Waals surface area contributed by atoms with E-state index in [4.69, 9.17) is 9.47 Å². The Bertz CT molecular complexity index is 1190. The lowest BCUT2D eigenvalue weighted by Crippen LogP contribution is -2.67. The minimum Gasteiger partial charge on any atom is -0.493 e. The van der Waals surface area contributed by atoms with Gasteiger partial charge in [0, 0.05) is 15.9 Å². The normalized spacial score (nSPS) is 18.1. The Morgan fingerprint density at radius 1 is 1.12 bits per heavy atom. The number of benzene rings is 2. The standard InChI is InChI=1S/C22H24BrFN4O6/c1-28-9-21(29,30)19(22(31,32)10-28)8-34-18-7-16-13(6-17(18)33-2)20(26-11-25-16)27-15-4-3-12(23)5-14(15)24/h3-7,11,19,29-32H,8-10H2,1-2H3,(H,25,26,27). The quantitative estimate of drug-likeness (QED) is 0.294. The summed E-state index contributed by atoms with van der Waals surface area (Å²) in [6.45, 7) is -0.794. The third-order valence-corrected chi connectivity index (χ3v) is 6.13. The van der Waals surface area contributed by atoms with Crippen molar-refractivity contribution in [3.63, 3.8) is 0 Å². The minimum atomic E-state index is -2.39. The molecular weight excluding hydrogens is 515 g/mol. The maximum atomic E-state index is 14.3. The van der Waals surface area contributed by atoms with Crippen LogP contribution in [-0.4, -0.2) is 80.7 Å². The molecule has 1 aromatic heterocycles. The summed E-state index contributed by atoms with van der Waals surface area (Å²) in [6.07, 6.45) is 1.30. The van der Waals surface area contributed by atoms with E-state index in [1.54, 1.807) is 24.3 Å². The Labute approximate surface area is 202 Å². The van der Waals surface area contributed by atoms with Crippen LogP contribution < -0.4 is 14.8 Å². The summed E-state index contributed by atoms with van der Waals surface area (Å²) in [4.78, 5) is 9.82. The highest BCUT2D eigenvalue weighted by molar-refractivity contribution is 9.10. The van der Waals surface area contributed by atoms with E-state index in [1.807, 2.05) is 0 Å². The van der Waals surface area contributed by atoms with E-state index in [-0.39, 0.29) is 30.3 Å². The third kappa shape index (κ3) is 4.92. The number of piperidine rings is 1. The molecule has 0 amide bonds. The first-order chi connectivity index (χ1) is 16.0. The molecule has 0 bridgehead atoms. The van der Waals surface area contributed by atoms with Gasteiger partial charge in [-0.25, -0.2) is 14.4 Å². The first-order valence-electron chi connectivity index (χ1n) is 10.3. The summed E-state index contributed by atoms with van der Waals surface area (Å²) < 4.78 is 26.1. The number of rotatable bonds is 6. The summed E-state index contributed by atoms with van der Waals surface area (Å²) in [5, 5.41) is 44.9. The van der Waals surface area contributed by atoms with Crippen molar-refractivity contribution < 1.29 is 34.3 Å². The molecule has 10 nitrogen and oxygen atoms in total. The Morgan fingerprint density at radius 3 is 2.47 bits per heavy atom. The fourth-order valence-electron chi connectivity index (χ4n) is 4.04. The third-order valence-electron chi connectivity index (χ3n) is 5.63. The van der Waals surface area contributed by atoms with Crippen LogP contribution in [0.3, 0.4) is 0 Å². The number of aliphatic hydroxyl groups is 4. The van der Waals surface area contributed by atoms with Gasteiger partial charge in [-0.3, -0.25) is 4.90 Å². The number of likely N-dealkylation sites (N-methyl/N-ethyl adjacent to an activating group) is 1. The summed E-state index contributed by atoms with van der Waals surface area (Å²) in [7, 11) is 2.96. The van der Waals surface area contributed by atoms with E-state index in [1.165, 1.54) is 31.5 Å². The number of nitrogens with zero attached hydrogens (tertiary/aromatic N) is 3. The van der Waals surface area contributed by atoms with E-state index in [9.17, 15) is 24.8 Å². The number of likely N-dealkylation sites (tertiary alicyclic amines) is 1. The Balaban J connectivity index is 1.63. The summed E-state index contributed by atoms with van der Waals surface area (Å²) in [6, 6.07) is 7.71. The maximum absolute atomic E-state index is 14.3. The van der Waals surface area contributed by atoms with Crippen molar-refractivity contribution in [3.05, 3.63) is 46.9 Å². The number of halogens is 2. The molecule has 34 heavy (non-hydrogen) atoms. The van der Waals surface area contributed by atoms with Crippen LogP contribution in [0.1, 0.15) is 0 Å². The molecule has 0 atom stereocenters. The van der Waals surface area contributed by atoms with Crippen molar-refractivity contribution in [3.8, 4) is 11.5 Å². The highest BCUT2D eigenvalue weighted by Gasteiger charge is 2.53. The van der Waals surface area contributed by atoms with E-state index in [0.717, 1.165) is 0 Å². The second kappa shape index (κ2) is 9.21. The molecule has 5 N–H and O–H groups in total. The van der Waals surface area contributed by atoms with E-state index >= 15 is 0 Å². The van der Waals surface area contributed by atoms with Gasteiger partial charge in [-0.2, -0.15) is 0 Å². The van der Waals surface area contributed by atoms with Gasteiger partial charge in [-0.1, -0.05) is 15.9 Å². The molecule has 0 saturated carbocycles. The zero-order valence-corrected chi connectivity index (χ0v) is 20.0. The molecule has 3 aromatic rings. The molecule has 0 radical (unpaired) electrons. The van der Waals surface area contributed by atoms with Gasteiger partial charge in [0.15, 0.2) is 23.1 Å². The fourth-order valence-corrected chi connectivity index (χ4v) is 4.37. The number of ether oxygens (including phenoxy) is 2. The summed E-state index contributed by atoms with van der Waals surface area (Å²) >= 11 is 3.22. The Kier molecular flexibility index (Phi) is 6.64. The first-order valence-corrected chi connectivity index (χ1v) is 11.0. The second-order valence-electron chi connectivity index (χ2n) is 8.28. The lowest BCUT2D eigenvalue weighted by atomic mass is 9.86. The van der Waals surface area contributed by atoms with Crippen LogP contribution in [0.5, 0.6) is 11.5 Å². The topological polar surface area (TPSA) is 140 Å². The number of methoxy groups -OCH3 is 1. The number of fused-ring (bicyclic) bond motifs is 1. The number of nitrogens with one attached hydrogen (secondary N) is 1. The van der Waals surface area contributed by atoms with Crippen molar-refractivity contribution >= 4 is 38.3 Å². The van der Waals surface area contributed by atoms with E-state index < -0.39 is 29.9 Å². The molecule has 0 spiro atoms. The highest BCUT2D eigenvalue weighted by atomic mass is 79.9. The monoisotopic (exact) mass is 538 g/mol. The van der Waals surface area contributed by atoms with Crippen molar-refractivity contribution in [1.29, 1.82) is 0 Å². The molecule has 182 valence electrons. The molecule has 4 rings (SSSR count). The summed E-state index contributed by atoms with van der Waals surface area (Å²) in [5.41, 5.74) is 0.655. The molecule has 0 aliphatic carbocycles. The van der Waals surface area contributed by atoms with Crippen molar-refractivity contribution in [2.75, 3.05) is 39.2 Å². The molecule has 1 aliphatic heterocycles. The van der Waals surface area contributed by atoms with Gasteiger partial charge in [-0.15, -0.1) is 0 Å². The SMILES string of the molecule is COc1cc2c(Nc3ccc(Br)cc3F)ncnc2cc1OCC1C(O)(O)CN(C)CC1(O)O. The maximum Gasteiger partial charge on any atom is 0.187 e. The number of β-amino-alcohol motifs (C(OH)–C–C–N with tert-alkyl or cyclic N) is 4. The molecule has 0 unspecified atom stereocenters.